The summed E-state index contributed by atoms with van der Waals surface area (Å²) in [7, 11) is 0. The molecule has 0 fully saturated rings. The molecule has 19 heavy (non-hydrogen) atoms. The number of aromatic nitrogens is 1. The Morgan fingerprint density at radius 1 is 1.32 bits per heavy atom. The molecule has 0 N–H and O–H groups in total. The van der Waals surface area contributed by atoms with Gasteiger partial charge < -0.3 is 0 Å². The summed E-state index contributed by atoms with van der Waals surface area (Å²) in [5.41, 5.74) is 2.74. The van der Waals surface area contributed by atoms with Crippen LogP contribution in [0.3, 0.4) is 0 Å². The molecule has 1 heterocycles. The van der Waals surface area contributed by atoms with E-state index in [4.69, 9.17) is 5.26 Å². The molecule has 0 unspecified atom stereocenters. The molecule has 2 nitrogen and oxygen atoms in total. The van der Waals surface area contributed by atoms with Gasteiger partial charge >= 0.3 is 0 Å². The van der Waals surface area contributed by atoms with Gasteiger partial charge in [0.05, 0.1) is 0 Å². The van der Waals surface area contributed by atoms with Gasteiger partial charge in [-0.2, -0.15) is 5.26 Å². The number of benzene rings is 1. The molecule has 0 radical (unpaired) electrons. The smallest absolute Gasteiger partial charge is 0.141 e. The van der Waals surface area contributed by atoms with E-state index in [1.54, 1.807) is 18.3 Å². The van der Waals surface area contributed by atoms with Crippen molar-refractivity contribution in [1.29, 1.82) is 5.26 Å². The molecule has 0 aliphatic rings. The molecule has 0 bridgehead atoms. The predicted octanol–water partition coefficient (Wildman–Crippen LogP) is 4.65. The van der Waals surface area contributed by atoms with Crippen LogP contribution in [0.2, 0.25) is 0 Å². The van der Waals surface area contributed by atoms with Crippen LogP contribution in [0.15, 0.2) is 34.9 Å². The Bertz CT molecular complexity index is 660. The van der Waals surface area contributed by atoms with Crippen molar-refractivity contribution < 1.29 is 4.39 Å². The minimum absolute atomic E-state index is 0.209. The van der Waals surface area contributed by atoms with Crippen molar-refractivity contribution in [2.45, 2.75) is 19.8 Å². The Morgan fingerprint density at radius 3 is 2.68 bits per heavy atom. The zero-order valence-corrected chi connectivity index (χ0v) is 12.2. The number of pyridine rings is 1. The minimum atomic E-state index is -0.280. The molecule has 0 aliphatic heterocycles. The second kappa shape index (κ2) is 5.50. The van der Waals surface area contributed by atoms with E-state index >= 15 is 0 Å². The Labute approximate surface area is 120 Å². The van der Waals surface area contributed by atoms with Crippen LogP contribution in [0, 0.1) is 17.1 Å². The molecule has 0 saturated carbocycles. The number of nitriles is 1. The molecule has 1 aromatic carbocycles. The van der Waals surface area contributed by atoms with Crippen LogP contribution >= 0.6 is 15.9 Å². The van der Waals surface area contributed by atoms with Crippen LogP contribution < -0.4 is 0 Å². The maximum atomic E-state index is 13.7. The molecule has 0 spiro atoms. The lowest BCUT2D eigenvalue weighted by Crippen LogP contribution is -1.95. The average Bonchev–Trinajstić information content (AvgIpc) is 2.40. The van der Waals surface area contributed by atoms with Gasteiger partial charge in [0, 0.05) is 10.7 Å². The highest BCUT2D eigenvalue weighted by atomic mass is 79.9. The number of rotatable bonds is 2. The van der Waals surface area contributed by atoms with Gasteiger partial charge in [0.1, 0.15) is 17.6 Å². The largest absolute Gasteiger partial charge is 0.246 e. The minimum Gasteiger partial charge on any atom is -0.246 e. The lowest BCUT2D eigenvalue weighted by Gasteiger charge is -2.13. The monoisotopic (exact) mass is 318 g/mol. The maximum absolute atomic E-state index is 13.7. The van der Waals surface area contributed by atoms with Crippen LogP contribution in [0.25, 0.3) is 11.1 Å². The lowest BCUT2D eigenvalue weighted by molar-refractivity contribution is 0.623. The first-order valence-electron chi connectivity index (χ1n) is 5.88. The van der Waals surface area contributed by atoms with E-state index in [9.17, 15) is 4.39 Å². The second-order valence-corrected chi connectivity index (χ2v) is 5.35. The van der Waals surface area contributed by atoms with E-state index < -0.39 is 0 Å². The molecule has 2 aromatic rings. The van der Waals surface area contributed by atoms with Crippen molar-refractivity contribution in [3.8, 4) is 17.2 Å². The normalized spacial score (nSPS) is 10.5. The molecule has 96 valence electrons. The van der Waals surface area contributed by atoms with Crippen molar-refractivity contribution >= 4 is 15.9 Å². The third kappa shape index (κ3) is 2.82. The van der Waals surface area contributed by atoms with Gasteiger partial charge in [-0.05, 0) is 62.8 Å². The Balaban J connectivity index is 2.65. The average molecular weight is 319 g/mol. The number of halogens is 2. The zero-order valence-electron chi connectivity index (χ0n) is 10.6. The Morgan fingerprint density at radius 2 is 2.05 bits per heavy atom. The van der Waals surface area contributed by atoms with Crippen molar-refractivity contribution in [3.63, 3.8) is 0 Å². The fourth-order valence-corrected chi connectivity index (χ4v) is 2.82. The van der Waals surface area contributed by atoms with Crippen molar-refractivity contribution in [2.24, 2.45) is 0 Å². The lowest BCUT2D eigenvalue weighted by atomic mass is 9.97. The van der Waals surface area contributed by atoms with Crippen molar-refractivity contribution in [3.05, 3.63) is 52.0 Å². The van der Waals surface area contributed by atoms with E-state index in [1.807, 2.05) is 19.9 Å². The highest BCUT2D eigenvalue weighted by Gasteiger charge is 2.13. The summed E-state index contributed by atoms with van der Waals surface area (Å²) in [5.74, 6) is -0.0710. The summed E-state index contributed by atoms with van der Waals surface area (Å²) in [6.07, 6.45) is 1.56. The molecule has 2 rings (SSSR count). The highest BCUT2D eigenvalue weighted by Crippen LogP contribution is 2.35. The molecule has 1 aromatic heterocycles. The van der Waals surface area contributed by atoms with E-state index in [2.05, 4.69) is 20.9 Å². The molecular formula is C15H12BrFN2. The quantitative estimate of drug-likeness (QED) is 0.808. The van der Waals surface area contributed by atoms with Gasteiger partial charge in [-0.25, -0.2) is 9.37 Å². The Hall–Kier alpha value is -1.73. The summed E-state index contributed by atoms with van der Waals surface area (Å²) in [4.78, 5) is 3.92. The van der Waals surface area contributed by atoms with Crippen molar-refractivity contribution in [2.75, 3.05) is 0 Å². The highest BCUT2D eigenvalue weighted by molar-refractivity contribution is 9.10. The van der Waals surface area contributed by atoms with E-state index in [-0.39, 0.29) is 11.7 Å². The van der Waals surface area contributed by atoms with Gasteiger partial charge in [-0.1, -0.05) is 13.8 Å². The first-order valence-corrected chi connectivity index (χ1v) is 6.67. The van der Waals surface area contributed by atoms with Gasteiger partial charge in [0.25, 0.3) is 0 Å². The van der Waals surface area contributed by atoms with Crippen molar-refractivity contribution in [1.82, 2.24) is 4.98 Å². The van der Waals surface area contributed by atoms with Gasteiger partial charge in [0.2, 0.25) is 0 Å². The van der Waals surface area contributed by atoms with Crippen LogP contribution in [0.4, 0.5) is 4.39 Å². The summed E-state index contributed by atoms with van der Waals surface area (Å²) in [6.45, 7) is 4.02. The van der Waals surface area contributed by atoms with Crippen LogP contribution in [-0.2, 0) is 0 Å². The summed E-state index contributed by atoms with van der Waals surface area (Å²) >= 11 is 3.53. The van der Waals surface area contributed by atoms with E-state index in [0.717, 1.165) is 21.2 Å². The van der Waals surface area contributed by atoms with Gasteiger partial charge in [-0.3, -0.25) is 0 Å². The number of hydrogen-bond acceptors (Lipinski definition) is 2. The van der Waals surface area contributed by atoms with Crippen LogP contribution in [-0.4, -0.2) is 4.98 Å². The Kier molecular flexibility index (Phi) is 3.96. The third-order valence-electron chi connectivity index (χ3n) is 2.87. The molecule has 4 heteroatoms. The molecule has 0 aliphatic carbocycles. The maximum Gasteiger partial charge on any atom is 0.141 e. The van der Waals surface area contributed by atoms with Crippen LogP contribution in [0.5, 0.6) is 0 Å². The molecular weight excluding hydrogens is 307 g/mol. The molecule has 0 saturated heterocycles. The first kappa shape index (κ1) is 13.7. The predicted molar refractivity (Wildman–Crippen MR) is 76.1 cm³/mol. The standard InChI is InChI=1S/C15H12BrFN2/c1-9(2)13-6-11(17)7-14(15(13)16)10-3-4-19-12(5-10)8-18/h3-7,9H,1-2H3. The fourth-order valence-electron chi connectivity index (χ4n) is 1.90. The molecule has 0 amide bonds. The van der Waals surface area contributed by atoms with E-state index in [0.29, 0.717) is 5.69 Å². The summed E-state index contributed by atoms with van der Waals surface area (Å²) in [6, 6.07) is 8.41. The van der Waals surface area contributed by atoms with Crippen LogP contribution in [0.1, 0.15) is 31.0 Å². The number of nitrogens with zero attached hydrogens (tertiary/aromatic N) is 2. The topological polar surface area (TPSA) is 36.7 Å². The zero-order chi connectivity index (χ0) is 14.0. The van der Waals surface area contributed by atoms with Gasteiger partial charge in [0.15, 0.2) is 0 Å². The third-order valence-corrected chi connectivity index (χ3v) is 3.76. The molecule has 0 atom stereocenters. The number of hydrogen-bond donors (Lipinski definition) is 0. The first-order chi connectivity index (χ1) is 9.02. The van der Waals surface area contributed by atoms with E-state index in [1.165, 1.54) is 12.1 Å². The van der Waals surface area contributed by atoms with Gasteiger partial charge in [-0.15, -0.1) is 0 Å². The summed E-state index contributed by atoms with van der Waals surface area (Å²) in [5, 5.41) is 8.88. The summed E-state index contributed by atoms with van der Waals surface area (Å²) < 4.78 is 14.6. The second-order valence-electron chi connectivity index (χ2n) is 4.55. The fraction of sp³-hybridized carbons (Fsp3) is 0.200. The SMILES string of the molecule is CC(C)c1cc(F)cc(-c2ccnc(C#N)c2)c1Br.